The summed E-state index contributed by atoms with van der Waals surface area (Å²) in [6.07, 6.45) is 0. The van der Waals surface area contributed by atoms with E-state index in [-0.39, 0.29) is 18.9 Å². The summed E-state index contributed by atoms with van der Waals surface area (Å²) in [5.41, 5.74) is 0. The molecule has 0 atom stereocenters. The zero-order valence-corrected chi connectivity index (χ0v) is 9.58. The molecule has 0 aromatic heterocycles. The maximum absolute atomic E-state index is 5.04. The third-order valence-electron chi connectivity index (χ3n) is 0.908. The second-order valence-electron chi connectivity index (χ2n) is 1.75. The zero-order valence-electron chi connectivity index (χ0n) is 8.17. The van der Waals surface area contributed by atoms with Gasteiger partial charge in [0.1, 0.15) is 13.6 Å². The van der Waals surface area contributed by atoms with E-state index in [0.717, 1.165) is 0 Å². The molecule has 0 aromatic rings. The molecule has 0 aliphatic heterocycles. The van der Waals surface area contributed by atoms with Gasteiger partial charge in [0.15, 0.2) is 0 Å². The number of hydrogen-bond acceptors (Lipinski definition) is 4. The molecule has 0 heterocycles. The Morgan fingerprint density at radius 3 is 1.67 bits per heavy atom. The summed E-state index contributed by atoms with van der Waals surface area (Å²) in [5, 5.41) is 0. The number of ether oxygens (including phenoxy) is 2. The van der Waals surface area contributed by atoms with E-state index < -0.39 is 15.9 Å². The number of hydrogen-bond donors (Lipinski definition) is 0. The summed E-state index contributed by atoms with van der Waals surface area (Å²) >= 11 is -0.879. The summed E-state index contributed by atoms with van der Waals surface area (Å²) in [6, 6.07) is 0. The first kappa shape index (κ1) is 15.4. The van der Waals surface area contributed by atoms with E-state index in [2.05, 4.69) is 0 Å². The fraction of sp³-hybridized carbons (Fsp3) is 1.00. The number of rotatable bonds is 8. The molecule has 67 valence electrons. The average molecular weight is 185 g/mol. The Hall–Kier alpha value is 0.970. The van der Waals surface area contributed by atoms with Crippen LogP contribution in [0.25, 0.3) is 0 Å². The Balaban J connectivity index is 0. The minimum atomic E-state index is -0.879. The van der Waals surface area contributed by atoms with Gasteiger partial charge in [-0.15, -0.1) is 0 Å². The molecular formula is C6H15AlLiO4. The molecule has 4 nitrogen and oxygen atoms in total. The summed E-state index contributed by atoms with van der Waals surface area (Å²) in [5.74, 6) is 0. The van der Waals surface area contributed by atoms with Crippen LogP contribution in [0.5, 0.6) is 0 Å². The van der Waals surface area contributed by atoms with Crippen LogP contribution in [0.1, 0.15) is 13.8 Å². The third-order valence-corrected chi connectivity index (χ3v) is 1.57. The molecule has 0 rings (SSSR count). The van der Waals surface area contributed by atoms with Crippen LogP contribution in [-0.2, 0) is 17.1 Å². The standard InChI is InChI=1S/2C3H7O2.Al.Li.H/c2*1-2-5-3-4;;;/h2*2-3H2,1H3;;;/q2*-1;+2;;. The smallest absolute Gasteiger partial charge is 0.460 e. The Bertz CT molecular complexity index is 68.6. The Morgan fingerprint density at radius 2 is 1.33 bits per heavy atom. The van der Waals surface area contributed by atoms with Crippen molar-refractivity contribution in [3.05, 3.63) is 0 Å². The predicted molar refractivity (Wildman–Crippen MR) is 48.1 cm³/mol. The van der Waals surface area contributed by atoms with Crippen LogP contribution in [0.4, 0.5) is 0 Å². The van der Waals surface area contributed by atoms with Crippen molar-refractivity contribution in [1.29, 1.82) is 0 Å². The minimum Gasteiger partial charge on any atom is -0.460 e. The van der Waals surface area contributed by atoms with E-state index in [1.54, 1.807) is 0 Å². The molecule has 0 amide bonds. The Labute approximate surface area is 92.4 Å². The van der Waals surface area contributed by atoms with Gasteiger partial charge in [-0.05, 0) is 13.8 Å². The maximum atomic E-state index is 5.04. The normalized spacial score (nSPS) is 9.17. The molecule has 0 aliphatic rings. The second-order valence-corrected chi connectivity index (χ2v) is 2.80. The van der Waals surface area contributed by atoms with E-state index in [4.69, 9.17) is 17.1 Å². The van der Waals surface area contributed by atoms with E-state index >= 15 is 0 Å². The van der Waals surface area contributed by atoms with E-state index in [1.165, 1.54) is 0 Å². The third kappa shape index (κ3) is 13.6. The molecule has 1 radical (unpaired) electrons. The van der Waals surface area contributed by atoms with Crippen molar-refractivity contribution < 1.29 is 17.1 Å². The first-order valence-electron chi connectivity index (χ1n) is 3.72. The van der Waals surface area contributed by atoms with Crippen LogP contribution in [0, 0.1) is 0 Å². The molecule has 12 heavy (non-hydrogen) atoms. The molecule has 0 unspecified atom stereocenters. The molecule has 0 N–H and O–H groups in total. The average Bonchev–Trinajstić information content (AvgIpc) is 2.03. The minimum absolute atomic E-state index is 0. The summed E-state index contributed by atoms with van der Waals surface area (Å²) in [7, 11) is 0. The van der Waals surface area contributed by atoms with Crippen LogP contribution in [0.15, 0.2) is 0 Å². The van der Waals surface area contributed by atoms with Crippen molar-refractivity contribution in [2.24, 2.45) is 0 Å². The first-order valence-corrected chi connectivity index (χ1v) is 4.88. The van der Waals surface area contributed by atoms with Crippen molar-refractivity contribution >= 4 is 34.7 Å². The van der Waals surface area contributed by atoms with Crippen molar-refractivity contribution in [3.63, 3.8) is 0 Å². The van der Waals surface area contributed by atoms with Crippen LogP contribution >= 0.6 is 0 Å². The van der Waals surface area contributed by atoms with E-state index in [1.807, 2.05) is 13.8 Å². The predicted octanol–water partition coefficient (Wildman–Crippen LogP) is -0.107. The van der Waals surface area contributed by atoms with Crippen LogP contribution in [0.2, 0.25) is 0 Å². The van der Waals surface area contributed by atoms with Gasteiger partial charge >= 0.3 is 15.9 Å². The van der Waals surface area contributed by atoms with Gasteiger partial charge in [0.25, 0.3) is 0 Å². The summed E-state index contributed by atoms with van der Waals surface area (Å²) in [6.45, 7) is 5.89. The molecule has 0 bridgehead atoms. The molecule has 0 aliphatic carbocycles. The van der Waals surface area contributed by atoms with Crippen molar-refractivity contribution in [3.8, 4) is 0 Å². The van der Waals surface area contributed by atoms with Gasteiger partial charge in [0.2, 0.25) is 0 Å². The van der Waals surface area contributed by atoms with E-state index in [9.17, 15) is 0 Å². The zero-order chi connectivity index (χ0) is 8.36. The van der Waals surface area contributed by atoms with Crippen LogP contribution < -0.4 is 0 Å². The molecule has 0 saturated heterocycles. The first-order chi connectivity index (χ1) is 5.41. The Kier molecular flexibility index (Phi) is 18.6. The molecule has 0 fully saturated rings. The fourth-order valence-electron chi connectivity index (χ4n) is 0.411. The molecule has 6 heteroatoms. The Morgan fingerprint density at radius 1 is 0.917 bits per heavy atom. The van der Waals surface area contributed by atoms with Gasteiger partial charge in [0, 0.05) is 32.1 Å². The SMILES string of the molecule is CCOC[O][AlH][O]COCC.[Li]. The van der Waals surface area contributed by atoms with Crippen LogP contribution in [-0.4, -0.2) is 61.5 Å². The van der Waals surface area contributed by atoms with Gasteiger partial charge in [-0.2, -0.15) is 0 Å². The molecule has 0 spiro atoms. The fourth-order valence-corrected chi connectivity index (χ4v) is 0.901. The van der Waals surface area contributed by atoms with Gasteiger partial charge in [-0.25, -0.2) is 0 Å². The quantitative estimate of drug-likeness (QED) is 0.300. The maximum Gasteiger partial charge on any atom is 0.652 e. The van der Waals surface area contributed by atoms with Crippen molar-refractivity contribution in [2.45, 2.75) is 13.8 Å². The van der Waals surface area contributed by atoms with E-state index in [0.29, 0.717) is 26.8 Å². The van der Waals surface area contributed by atoms with Crippen molar-refractivity contribution in [2.75, 3.05) is 26.8 Å². The van der Waals surface area contributed by atoms with Crippen LogP contribution in [0.3, 0.4) is 0 Å². The topological polar surface area (TPSA) is 36.9 Å². The molecule has 0 aromatic carbocycles. The van der Waals surface area contributed by atoms with Gasteiger partial charge in [-0.1, -0.05) is 0 Å². The van der Waals surface area contributed by atoms with Crippen molar-refractivity contribution in [1.82, 2.24) is 0 Å². The summed E-state index contributed by atoms with van der Waals surface area (Å²) in [4.78, 5) is 0. The molecule has 0 saturated carbocycles. The van der Waals surface area contributed by atoms with Gasteiger partial charge in [0.05, 0.1) is 0 Å². The van der Waals surface area contributed by atoms with Gasteiger partial charge < -0.3 is 17.1 Å². The van der Waals surface area contributed by atoms with Gasteiger partial charge in [-0.3, -0.25) is 0 Å². The second kappa shape index (κ2) is 14.5. The molecular weight excluding hydrogens is 170 g/mol. The largest absolute Gasteiger partial charge is 0.652 e. The summed E-state index contributed by atoms with van der Waals surface area (Å²) < 4.78 is 19.9. The monoisotopic (exact) mass is 185 g/mol.